The molecule has 1 unspecified atom stereocenters. The van der Waals surface area contributed by atoms with E-state index in [4.69, 9.17) is 4.74 Å². The molecule has 8 heteroatoms. The second kappa shape index (κ2) is 9.00. The number of ether oxygens (including phenoxy) is 1. The summed E-state index contributed by atoms with van der Waals surface area (Å²) in [6, 6.07) is 5.81. The van der Waals surface area contributed by atoms with Gasteiger partial charge in [-0.3, -0.25) is 14.9 Å². The molecule has 0 saturated heterocycles. The Kier molecular flexibility index (Phi) is 7.35. The minimum atomic E-state index is -0.560. The summed E-state index contributed by atoms with van der Waals surface area (Å²) in [7, 11) is 0. The van der Waals surface area contributed by atoms with Crippen LogP contribution in [0.1, 0.15) is 52.1 Å². The van der Waals surface area contributed by atoms with Crippen LogP contribution in [-0.4, -0.2) is 29.1 Å². The van der Waals surface area contributed by atoms with E-state index >= 15 is 0 Å². The third-order valence-electron chi connectivity index (χ3n) is 3.21. The molecular formula is C17H25N3O5. The van der Waals surface area contributed by atoms with E-state index in [2.05, 4.69) is 10.6 Å². The van der Waals surface area contributed by atoms with Gasteiger partial charge >= 0.3 is 6.09 Å². The molecule has 1 aromatic carbocycles. The van der Waals surface area contributed by atoms with Crippen LogP contribution in [-0.2, 0) is 9.53 Å². The van der Waals surface area contributed by atoms with E-state index in [0.717, 1.165) is 0 Å². The standard InChI is InChI=1S/C17H25N3O5/c1-12(13-7-5-8-14(11-13)20(23)24)19-15(21)9-6-10-18-16(22)25-17(2,3)4/h5,7-8,11-12H,6,9-10H2,1-4H3,(H,18,22)(H,19,21). The molecule has 0 aliphatic carbocycles. The molecule has 0 bridgehead atoms. The van der Waals surface area contributed by atoms with Crippen molar-refractivity contribution in [3.8, 4) is 0 Å². The first kappa shape index (κ1) is 20.4. The Balaban J connectivity index is 2.36. The number of alkyl carbamates (subject to hydrolysis) is 1. The number of rotatable bonds is 7. The van der Waals surface area contributed by atoms with Gasteiger partial charge in [-0.2, -0.15) is 0 Å². The SMILES string of the molecule is CC(NC(=O)CCCNC(=O)OC(C)(C)C)c1cccc([N+](=O)[O-])c1. The Morgan fingerprint density at radius 2 is 2.00 bits per heavy atom. The molecule has 0 heterocycles. The number of nitrogens with zero attached hydrogens (tertiary/aromatic N) is 1. The molecule has 1 atom stereocenters. The summed E-state index contributed by atoms with van der Waals surface area (Å²) >= 11 is 0. The fourth-order valence-electron chi connectivity index (χ4n) is 2.06. The summed E-state index contributed by atoms with van der Waals surface area (Å²) in [6.45, 7) is 7.41. The van der Waals surface area contributed by atoms with Crippen molar-refractivity contribution >= 4 is 17.7 Å². The molecule has 1 aromatic rings. The maximum atomic E-state index is 11.9. The van der Waals surface area contributed by atoms with Crippen molar-refractivity contribution in [2.45, 2.75) is 52.2 Å². The van der Waals surface area contributed by atoms with E-state index in [1.807, 2.05) is 0 Å². The molecule has 0 fully saturated rings. The Morgan fingerprint density at radius 1 is 1.32 bits per heavy atom. The maximum absolute atomic E-state index is 11.9. The van der Waals surface area contributed by atoms with Crippen LogP contribution in [0, 0.1) is 10.1 Å². The normalized spacial score (nSPS) is 12.2. The fraction of sp³-hybridized carbons (Fsp3) is 0.529. The molecule has 0 aromatic heterocycles. The van der Waals surface area contributed by atoms with Crippen LogP contribution in [0.2, 0.25) is 0 Å². The van der Waals surface area contributed by atoms with Crippen molar-refractivity contribution in [3.63, 3.8) is 0 Å². The molecule has 0 aliphatic heterocycles. The second-order valence-corrected chi connectivity index (χ2v) is 6.67. The summed E-state index contributed by atoms with van der Waals surface area (Å²) < 4.78 is 5.09. The minimum absolute atomic E-state index is 0.0137. The molecule has 2 amide bonds. The summed E-state index contributed by atoms with van der Waals surface area (Å²) in [6.07, 6.45) is 0.180. The lowest BCUT2D eigenvalue weighted by atomic mass is 10.1. The quantitative estimate of drug-likeness (QED) is 0.445. The first-order valence-electron chi connectivity index (χ1n) is 8.09. The molecule has 0 radical (unpaired) electrons. The van der Waals surface area contributed by atoms with Gasteiger partial charge in [-0.25, -0.2) is 4.79 Å². The zero-order valence-electron chi connectivity index (χ0n) is 15.0. The van der Waals surface area contributed by atoms with Gasteiger partial charge in [0.2, 0.25) is 5.91 Å². The highest BCUT2D eigenvalue weighted by atomic mass is 16.6. The van der Waals surface area contributed by atoms with Gasteiger partial charge in [-0.15, -0.1) is 0 Å². The van der Waals surface area contributed by atoms with E-state index in [0.29, 0.717) is 18.5 Å². The minimum Gasteiger partial charge on any atom is -0.444 e. The highest BCUT2D eigenvalue weighted by Crippen LogP contribution is 2.19. The van der Waals surface area contributed by atoms with Crippen LogP contribution in [0.25, 0.3) is 0 Å². The summed E-state index contributed by atoms with van der Waals surface area (Å²) in [5, 5.41) is 16.2. The number of hydrogen-bond acceptors (Lipinski definition) is 5. The van der Waals surface area contributed by atoms with E-state index in [9.17, 15) is 19.7 Å². The first-order chi connectivity index (χ1) is 11.6. The Labute approximate surface area is 147 Å². The lowest BCUT2D eigenvalue weighted by Crippen LogP contribution is -2.33. The zero-order valence-corrected chi connectivity index (χ0v) is 15.0. The van der Waals surface area contributed by atoms with Crippen LogP contribution < -0.4 is 10.6 Å². The van der Waals surface area contributed by atoms with Gasteiger partial charge in [0, 0.05) is 25.1 Å². The number of nitro groups is 1. The molecule has 8 nitrogen and oxygen atoms in total. The van der Waals surface area contributed by atoms with Crippen molar-refractivity contribution < 1.29 is 19.2 Å². The number of amides is 2. The van der Waals surface area contributed by atoms with Crippen LogP contribution in [0.3, 0.4) is 0 Å². The van der Waals surface area contributed by atoms with Gasteiger partial charge in [0.1, 0.15) is 5.60 Å². The molecule has 0 spiro atoms. The number of nitrogens with one attached hydrogen (secondary N) is 2. The van der Waals surface area contributed by atoms with Crippen molar-refractivity contribution in [1.29, 1.82) is 0 Å². The number of carbonyl (C=O) groups is 2. The first-order valence-corrected chi connectivity index (χ1v) is 8.09. The predicted octanol–water partition coefficient (Wildman–Crippen LogP) is 3.08. The van der Waals surface area contributed by atoms with Crippen LogP contribution in [0.15, 0.2) is 24.3 Å². The molecular weight excluding hydrogens is 326 g/mol. The van der Waals surface area contributed by atoms with E-state index in [-0.39, 0.29) is 24.1 Å². The Bertz CT molecular complexity index is 625. The maximum Gasteiger partial charge on any atom is 0.407 e. The highest BCUT2D eigenvalue weighted by Gasteiger charge is 2.16. The average Bonchev–Trinajstić information content (AvgIpc) is 2.50. The lowest BCUT2D eigenvalue weighted by molar-refractivity contribution is -0.384. The molecule has 138 valence electrons. The average molecular weight is 351 g/mol. The van der Waals surface area contributed by atoms with Gasteiger partial charge in [-0.05, 0) is 39.7 Å². The number of benzene rings is 1. The van der Waals surface area contributed by atoms with Gasteiger partial charge in [0.25, 0.3) is 5.69 Å². The van der Waals surface area contributed by atoms with E-state index in [1.165, 1.54) is 12.1 Å². The van der Waals surface area contributed by atoms with Crippen molar-refractivity contribution in [1.82, 2.24) is 10.6 Å². The second-order valence-electron chi connectivity index (χ2n) is 6.67. The number of nitro benzene ring substituents is 1. The van der Waals surface area contributed by atoms with Gasteiger partial charge < -0.3 is 15.4 Å². The lowest BCUT2D eigenvalue weighted by Gasteiger charge is -2.19. The summed E-state index contributed by atoms with van der Waals surface area (Å²) in [4.78, 5) is 33.7. The Morgan fingerprint density at radius 3 is 2.60 bits per heavy atom. The van der Waals surface area contributed by atoms with E-state index < -0.39 is 16.6 Å². The molecule has 0 saturated carbocycles. The molecule has 25 heavy (non-hydrogen) atoms. The summed E-state index contributed by atoms with van der Waals surface area (Å²) in [5.74, 6) is -0.190. The zero-order chi connectivity index (χ0) is 19.0. The van der Waals surface area contributed by atoms with Gasteiger partial charge in [0.15, 0.2) is 0 Å². The predicted molar refractivity (Wildman–Crippen MR) is 93.1 cm³/mol. The number of non-ortho nitro benzene ring substituents is 1. The van der Waals surface area contributed by atoms with Gasteiger partial charge in [-0.1, -0.05) is 12.1 Å². The fourth-order valence-corrected chi connectivity index (χ4v) is 2.06. The molecule has 1 rings (SSSR count). The number of hydrogen-bond donors (Lipinski definition) is 2. The molecule has 0 aliphatic rings. The summed E-state index contributed by atoms with van der Waals surface area (Å²) in [5.41, 5.74) is 0.0874. The number of carbonyl (C=O) groups excluding carboxylic acids is 2. The monoisotopic (exact) mass is 351 g/mol. The largest absolute Gasteiger partial charge is 0.444 e. The van der Waals surface area contributed by atoms with Crippen LogP contribution >= 0.6 is 0 Å². The molecule has 2 N–H and O–H groups in total. The third-order valence-corrected chi connectivity index (χ3v) is 3.21. The smallest absolute Gasteiger partial charge is 0.407 e. The van der Waals surface area contributed by atoms with Gasteiger partial charge in [0.05, 0.1) is 11.0 Å². The van der Waals surface area contributed by atoms with E-state index in [1.54, 1.807) is 39.8 Å². The topological polar surface area (TPSA) is 111 Å². The Hall–Kier alpha value is -2.64. The third kappa shape index (κ3) is 8.14. The van der Waals surface area contributed by atoms with Crippen molar-refractivity contribution in [3.05, 3.63) is 39.9 Å². The van der Waals surface area contributed by atoms with Crippen LogP contribution in [0.4, 0.5) is 10.5 Å². The van der Waals surface area contributed by atoms with Crippen molar-refractivity contribution in [2.75, 3.05) is 6.54 Å². The van der Waals surface area contributed by atoms with Crippen molar-refractivity contribution in [2.24, 2.45) is 0 Å². The van der Waals surface area contributed by atoms with Crippen LogP contribution in [0.5, 0.6) is 0 Å². The highest BCUT2D eigenvalue weighted by molar-refractivity contribution is 5.76.